The topological polar surface area (TPSA) is 17.4 Å². The van der Waals surface area contributed by atoms with E-state index in [0.717, 1.165) is 19.3 Å². The number of hydrogen-bond donors (Lipinski definition) is 0. The van der Waals surface area contributed by atoms with E-state index in [9.17, 15) is 0 Å². The second kappa shape index (κ2) is 5.75. The second-order valence-electron chi connectivity index (χ2n) is 4.03. The van der Waals surface area contributed by atoms with E-state index in [-0.39, 0.29) is 11.8 Å². The Morgan fingerprint density at radius 2 is 1.12 bits per heavy atom. The van der Waals surface area contributed by atoms with Gasteiger partial charge in [0.2, 0.25) is 0 Å². The normalized spacial score (nSPS) is 24.1. The molecular formula is C12H12N4. The molecule has 1 fully saturated rings. The Kier molecular flexibility index (Phi) is 4.32. The maximum atomic E-state index is 6.95. The molecule has 0 saturated heterocycles. The van der Waals surface area contributed by atoms with Gasteiger partial charge < -0.3 is 0 Å². The maximum Gasteiger partial charge on any atom is 0.477 e. The molecule has 1 aliphatic rings. The minimum atomic E-state index is -0.611. The van der Waals surface area contributed by atoms with Gasteiger partial charge >= 0.3 is 12.3 Å². The third-order valence-electron chi connectivity index (χ3n) is 3.13. The van der Waals surface area contributed by atoms with E-state index in [2.05, 4.69) is 19.4 Å². The lowest BCUT2D eigenvalue weighted by molar-refractivity contribution is 0.256. The lowest BCUT2D eigenvalue weighted by Gasteiger charge is -2.21. The van der Waals surface area contributed by atoms with E-state index in [1.54, 1.807) is 0 Å². The van der Waals surface area contributed by atoms with Gasteiger partial charge in [0.15, 0.2) is 0 Å². The molecule has 0 aromatic rings. The third-order valence-corrected chi connectivity index (χ3v) is 3.13. The lowest BCUT2D eigenvalue weighted by atomic mass is 9.79. The summed E-state index contributed by atoms with van der Waals surface area (Å²) in [4.78, 5) is 13.3. The van der Waals surface area contributed by atoms with Crippen LogP contribution in [0.3, 0.4) is 0 Å². The van der Waals surface area contributed by atoms with Crippen molar-refractivity contribution in [3.8, 4) is 0 Å². The van der Waals surface area contributed by atoms with Crippen LogP contribution in [0.4, 0.5) is 0 Å². The average molecular weight is 212 g/mol. The molecule has 2 unspecified atom stereocenters. The zero-order valence-corrected chi connectivity index (χ0v) is 8.93. The van der Waals surface area contributed by atoms with Gasteiger partial charge in [-0.15, -0.1) is 0 Å². The first-order valence-corrected chi connectivity index (χ1v) is 5.23. The molecule has 4 heteroatoms. The van der Waals surface area contributed by atoms with Crippen LogP contribution >= 0.6 is 0 Å². The van der Waals surface area contributed by atoms with E-state index < -0.39 is 12.3 Å². The van der Waals surface area contributed by atoms with Crippen LogP contribution in [0.25, 0.3) is 19.4 Å². The van der Waals surface area contributed by atoms with Gasteiger partial charge in [0.05, 0.1) is 0 Å². The molecule has 0 aromatic carbocycles. The Balaban J connectivity index is 2.69. The molecule has 80 valence electrons. The van der Waals surface area contributed by atoms with Gasteiger partial charge in [0, 0.05) is 0 Å². The fourth-order valence-electron chi connectivity index (χ4n) is 2.29. The SMILES string of the molecule is [C-]#[N+]C([N+]#[C-])C1CCCC(C([N+]#[C-])[N+]#[C-])C1. The minimum Gasteiger partial charge on any atom is -0.233 e. The van der Waals surface area contributed by atoms with Crippen molar-refractivity contribution in [2.75, 3.05) is 0 Å². The summed E-state index contributed by atoms with van der Waals surface area (Å²) in [5.41, 5.74) is 0. The van der Waals surface area contributed by atoms with Gasteiger partial charge in [0.1, 0.15) is 11.8 Å². The summed E-state index contributed by atoms with van der Waals surface area (Å²) in [5, 5.41) is 0. The van der Waals surface area contributed by atoms with Crippen LogP contribution in [-0.2, 0) is 0 Å². The molecule has 4 nitrogen and oxygen atoms in total. The summed E-state index contributed by atoms with van der Waals surface area (Å²) < 4.78 is 0. The number of rotatable bonds is 2. The van der Waals surface area contributed by atoms with Crippen LogP contribution in [0, 0.1) is 38.1 Å². The highest BCUT2D eigenvalue weighted by molar-refractivity contribution is 5.00. The van der Waals surface area contributed by atoms with Gasteiger partial charge in [-0.1, -0.05) is 6.42 Å². The van der Waals surface area contributed by atoms with Crippen LogP contribution in [-0.4, -0.2) is 12.3 Å². The zero-order chi connectivity index (χ0) is 12.0. The van der Waals surface area contributed by atoms with E-state index >= 15 is 0 Å². The van der Waals surface area contributed by atoms with Crippen LogP contribution in [0.2, 0.25) is 0 Å². The number of hydrogen-bond acceptors (Lipinski definition) is 0. The Morgan fingerprint density at radius 1 is 0.750 bits per heavy atom. The molecule has 0 N–H and O–H groups in total. The first kappa shape index (κ1) is 12.0. The fourth-order valence-corrected chi connectivity index (χ4v) is 2.29. The first-order chi connectivity index (χ1) is 7.76. The lowest BCUT2D eigenvalue weighted by Crippen LogP contribution is -2.27. The molecule has 1 aliphatic carbocycles. The summed E-state index contributed by atoms with van der Waals surface area (Å²) in [7, 11) is 0. The van der Waals surface area contributed by atoms with Crippen molar-refractivity contribution in [1.82, 2.24) is 0 Å². The average Bonchev–Trinajstić information content (AvgIpc) is 2.33. The Labute approximate surface area is 96.2 Å². The minimum absolute atomic E-state index is 0.0553. The summed E-state index contributed by atoms with van der Waals surface area (Å²) in [6, 6.07) is 0. The van der Waals surface area contributed by atoms with Crippen molar-refractivity contribution in [2.24, 2.45) is 11.8 Å². The van der Waals surface area contributed by atoms with Gasteiger partial charge in [-0.2, -0.15) is 0 Å². The van der Waals surface area contributed by atoms with Crippen molar-refractivity contribution in [3.05, 3.63) is 45.7 Å². The Bertz CT molecular complexity index is 335. The highest BCUT2D eigenvalue weighted by atomic mass is 15.0. The van der Waals surface area contributed by atoms with Crippen molar-refractivity contribution < 1.29 is 0 Å². The maximum absolute atomic E-state index is 6.95. The van der Waals surface area contributed by atoms with E-state index in [1.165, 1.54) is 0 Å². The standard InChI is InChI=1S/C12H12N4/c1-13-11(14-2)9-6-5-7-10(8-9)12(15-3)16-4/h9-12H,5-8H2. The molecule has 0 radical (unpaired) electrons. The summed E-state index contributed by atoms with van der Waals surface area (Å²) in [6.45, 7) is 27.8. The molecule has 0 bridgehead atoms. The second-order valence-corrected chi connectivity index (χ2v) is 4.03. The van der Waals surface area contributed by atoms with Crippen molar-refractivity contribution in [3.63, 3.8) is 0 Å². The molecule has 1 saturated carbocycles. The van der Waals surface area contributed by atoms with Gasteiger partial charge in [-0.3, -0.25) is 0 Å². The third kappa shape index (κ3) is 2.50. The molecule has 0 aromatic heterocycles. The summed E-state index contributed by atoms with van der Waals surface area (Å²) in [6.07, 6.45) is 2.16. The zero-order valence-electron chi connectivity index (χ0n) is 8.93. The smallest absolute Gasteiger partial charge is 0.233 e. The highest BCUT2D eigenvalue weighted by Crippen LogP contribution is 2.35. The van der Waals surface area contributed by atoms with Crippen molar-refractivity contribution in [1.29, 1.82) is 0 Å². The Morgan fingerprint density at radius 3 is 1.44 bits per heavy atom. The van der Waals surface area contributed by atoms with E-state index in [0.29, 0.717) is 6.42 Å². The molecule has 2 atom stereocenters. The quantitative estimate of drug-likeness (QED) is 0.626. The fraction of sp³-hybridized carbons (Fsp3) is 0.667. The van der Waals surface area contributed by atoms with E-state index in [1.807, 2.05) is 0 Å². The number of nitrogens with zero attached hydrogens (tertiary/aromatic N) is 4. The molecule has 0 aliphatic heterocycles. The first-order valence-electron chi connectivity index (χ1n) is 5.23. The van der Waals surface area contributed by atoms with Crippen molar-refractivity contribution in [2.45, 2.75) is 38.0 Å². The van der Waals surface area contributed by atoms with Gasteiger partial charge in [0.25, 0.3) is 0 Å². The Hall–Kier alpha value is -2.04. The van der Waals surface area contributed by atoms with Gasteiger partial charge in [-0.05, 0) is 19.3 Å². The monoisotopic (exact) mass is 212 g/mol. The molecule has 16 heavy (non-hydrogen) atoms. The van der Waals surface area contributed by atoms with Crippen LogP contribution in [0.5, 0.6) is 0 Å². The van der Waals surface area contributed by atoms with Crippen LogP contribution in [0.15, 0.2) is 0 Å². The summed E-state index contributed by atoms with van der Waals surface area (Å²) in [5.74, 6) is 0.111. The molecular weight excluding hydrogens is 200 g/mol. The van der Waals surface area contributed by atoms with Gasteiger partial charge in [-0.25, -0.2) is 45.7 Å². The van der Waals surface area contributed by atoms with Crippen LogP contribution < -0.4 is 0 Å². The predicted octanol–water partition coefficient (Wildman–Crippen LogP) is 3.12. The predicted molar refractivity (Wildman–Crippen MR) is 59.4 cm³/mol. The molecule has 0 amide bonds. The van der Waals surface area contributed by atoms with Crippen molar-refractivity contribution >= 4 is 0 Å². The molecule has 0 heterocycles. The molecule has 1 rings (SSSR count). The van der Waals surface area contributed by atoms with Crippen LogP contribution in [0.1, 0.15) is 25.7 Å². The largest absolute Gasteiger partial charge is 0.477 e. The summed E-state index contributed by atoms with van der Waals surface area (Å²) >= 11 is 0. The van der Waals surface area contributed by atoms with E-state index in [4.69, 9.17) is 26.3 Å². The molecule has 0 spiro atoms. The highest BCUT2D eigenvalue weighted by Gasteiger charge is 2.43.